The monoisotopic (exact) mass is 397 g/mol. The Balaban J connectivity index is 1.62. The van der Waals surface area contributed by atoms with E-state index < -0.39 is 35.6 Å². The Morgan fingerprint density at radius 1 is 0.793 bits per heavy atom. The zero-order chi connectivity index (χ0) is 20.7. The molecule has 1 aromatic rings. The Kier molecular flexibility index (Phi) is 4.98. The van der Waals surface area contributed by atoms with Crippen molar-refractivity contribution in [2.45, 2.75) is 25.7 Å². The summed E-state index contributed by atoms with van der Waals surface area (Å²) in [6.45, 7) is 0. The van der Waals surface area contributed by atoms with Crippen LogP contribution in [0.5, 0.6) is 0 Å². The Bertz CT molecular complexity index is 851. The van der Waals surface area contributed by atoms with Gasteiger partial charge in [0.2, 0.25) is 11.8 Å². The van der Waals surface area contributed by atoms with Crippen LogP contribution in [0.15, 0.2) is 41.5 Å². The van der Waals surface area contributed by atoms with Gasteiger partial charge in [-0.1, -0.05) is 29.3 Å². The number of nitrogens with zero attached hydrogens (tertiary/aromatic N) is 1. The van der Waals surface area contributed by atoms with Crippen molar-refractivity contribution in [3.63, 3.8) is 0 Å². The van der Waals surface area contributed by atoms with Gasteiger partial charge in [0.15, 0.2) is 0 Å². The number of ether oxygens (including phenoxy) is 2. The summed E-state index contributed by atoms with van der Waals surface area (Å²) in [5.41, 5.74) is 2.57. The molecule has 0 saturated carbocycles. The summed E-state index contributed by atoms with van der Waals surface area (Å²) in [6, 6.07) is 8.93. The average Bonchev–Trinajstić information content (AvgIpc) is 3.00. The molecule has 1 fully saturated rings. The second-order valence-electron chi connectivity index (χ2n) is 7.84. The first-order chi connectivity index (χ1) is 14.0. The SMILES string of the molecule is COC(=O)[C@@H]1CC2=C(CC3C(=O)N(c4ccccc4)C(=O)C3C2)C[C@H]1C(=O)OC. The minimum Gasteiger partial charge on any atom is -0.469 e. The van der Waals surface area contributed by atoms with E-state index in [1.165, 1.54) is 19.1 Å². The largest absolute Gasteiger partial charge is 0.469 e. The van der Waals surface area contributed by atoms with E-state index in [9.17, 15) is 19.2 Å². The second kappa shape index (κ2) is 7.46. The first-order valence-corrected chi connectivity index (χ1v) is 9.74. The molecule has 3 aliphatic rings. The van der Waals surface area contributed by atoms with Crippen molar-refractivity contribution in [2.75, 3.05) is 19.1 Å². The summed E-state index contributed by atoms with van der Waals surface area (Å²) >= 11 is 0. The molecular formula is C22H23NO6. The smallest absolute Gasteiger partial charge is 0.309 e. The van der Waals surface area contributed by atoms with Gasteiger partial charge in [-0.15, -0.1) is 0 Å². The number of fused-ring (bicyclic) bond motifs is 1. The highest BCUT2D eigenvalue weighted by Crippen LogP contribution is 2.49. The van der Waals surface area contributed by atoms with E-state index >= 15 is 0 Å². The zero-order valence-electron chi connectivity index (χ0n) is 16.4. The van der Waals surface area contributed by atoms with Crippen LogP contribution >= 0.6 is 0 Å². The number of hydrogen-bond donors (Lipinski definition) is 0. The number of amides is 2. The predicted octanol–water partition coefficient (Wildman–Crippen LogP) is 2.25. The molecule has 0 N–H and O–H groups in total. The zero-order valence-corrected chi connectivity index (χ0v) is 16.4. The van der Waals surface area contributed by atoms with Crippen LogP contribution in [-0.4, -0.2) is 38.0 Å². The molecule has 1 aromatic carbocycles. The number of anilines is 1. The van der Waals surface area contributed by atoms with E-state index in [1.807, 2.05) is 6.07 Å². The summed E-state index contributed by atoms with van der Waals surface area (Å²) in [5.74, 6) is -3.38. The maximum atomic E-state index is 13.0. The minimum atomic E-state index is -0.625. The van der Waals surface area contributed by atoms with Crippen molar-refractivity contribution in [3.8, 4) is 0 Å². The quantitative estimate of drug-likeness (QED) is 0.442. The van der Waals surface area contributed by atoms with Crippen LogP contribution < -0.4 is 4.90 Å². The van der Waals surface area contributed by atoms with Gasteiger partial charge in [-0.3, -0.25) is 24.1 Å². The number of esters is 2. The number of carbonyl (C=O) groups excluding carboxylic acids is 4. The molecule has 0 spiro atoms. The molecule has 1 saturated heterocycles. The van der Waals surface area contributed by atoms with Crippen LogP contribution in [-0.2, 0) is 28.7 Å². The lowest BCUT2D eigenvalue weighted by Crippen LogP contribution is -2.38. The van der Waals surface area contributed by atoms with Crippen molar-refractivity contribution in [1.82, 2.24) is 0 Å². The van der Waals surface area contributed by atoms with E-state index in [-0.39, 0.29) is 11.8 Å². The van der Waals surface area contributed by atoms with E-state index in [2.05, 4.69) is 0 Å². The molecule has 2 amide bonds. The number of allylic oxidation sites excluding steroid dienone is 2. The normalized spacial score (nSPS) is 28.7. The highest BCUT2D eigenvalue weighted by molar-refractivity contribution is 6.22. The van der Waals surface area contributed by atoms with Gasteiger partial charge in [0.05, 0.1) is 43.6 Å². The third kappa shape index (κ3) is 3.14. The Hall–Kier alpha value is -2.96. The van der Waals surface area contributed by atoms with Crippen molar-refractivity contribution in [3.05, 3.63) is 41.5 Å². The summed E-state index contributed by atoms with van der Waals surface area (Å²) in [5, 5.41) is 0. The summed E-state index contributed by atoms with van der Waals surface area (Å²) in [4.78, 5) is 51.9. The molecule has 2 unspecified atom stereocenters. The molecule has 4 atom stereocenters. The third-order valence-corrected chi connectivity index (χ3v) is 6.43. The molecule has 2 aliphatic carbocycles. The molecule has 0 radical (unpaired) electrons. The van der Waals surface area contributed by atoms with Gasteiger partial charge < -0.3 is 9.47 Å². The highest BCUT2D eigenvalue weighted by atomic mass is 16.5. The van der Waals surface area contributed by atoms with Gasteiger partial charge in [-0.05, 0) is 37.8 Å². The summed E-state index contributed by atoms with van der Waals surface area (Å²) < 4.78 is 9.79. The van der Waals surface area contributed by atoms with E-state index in [0.717, 1.165) is 11.1 Å². The van der Waals surface area contributed by atoms with Crippen LogP contribution in [0.3, 0.4) is 0 Å². The Morgan fingerprint density at radius 2 is 1.24 bits per heavy atom. The molecule has 1 heterocycles. The van der Waals surface area contributed by atoms with Gasteiger partial charge in [0.1, 0.15) is 0 Å². The first-order valence-electron chi connectivity index (χ1n) is 9.74. The minimum absolute atomic E-state index is 0.192. The first kappa shape index (κ1) is 19.4. The van der Waals surface area contributed by atoms with Gasteiger partial charge in [-0.25, -0.2) is 0 Å². The predicted molar refractivity (Wildman–Crippen MR) is 102 cm³/mol. The number of carbonyl (C=O) groups is 4. The summed E-state index contributed by atoms with van der Waals surface area (Å²) in [7, 11) is 2.60. The number of benzene rings is 1. The molecule has 7 nitrogen and oxygen atoms in total. The van der Waals surface area contributed by atoms with E-state index in [4.69, 9.17) is 9.47 Å². The molecule has 29 heavy (non-hydrogen) atoms. The van der Waals surface area contributed by atoms with Crippen molar-refractivity contribution < 1.29 is 28.7 Å². The number of para-hydroxylation sites is 1. The number of methoxy groups -OCH3 is 2. The van der Waals surface area contributed by atoms with Crippen LogP contribution in [0.2, 0.25) is 0 Å². The van der Waals surface area contributed by atoms with Gasteiger partial charge in [0.25, 0.3) is 0 Å². The number of rotatable bonds is 3. The van der Waals surface area contributed by atoms with Crippen LogP contribution in [0, 0.1) is 23.7 Å². The molecule has 0 aromatic heterocycles. The van der Waals surface area contributed by atoms with Crippen molar-refractivity contribution in [2.24, 2.45) is 23.7 Å². The van der Waals surface area contributed by atoms with Gasteiger partial charge in [0, 0.05) is 0 Å². The third-order valence-electron chi connectivity index (χ3n) is 6.43. The topological polar surface area (TPSA) is 90.0 Å². The average molecular weight is 397 g/mol. The standard InChI is InChI=1S/C22H23NO6/c1-28-21(26)17-10-12-8-15-16(9-13(12)11-18(17)22(27)29-2)20(25)23(19(15)24)14-6-4-3-5-7-14/h3-7,15-18H,8-11H2,1-2H3/t15?,16?,17-,18-/m1/s1. The van der Waals surface area contributed by atoms with Gasteiger partial charge in [-0.2, -0.15) is 0 Å². The Labute approximate surface area is 168 Å². The number of hydrogen-bond acceptors (Lipinski definition) is 6. The maximum absolute atomic E-state index is 13.0. The van der Waals surface area contributed by atoms with Crippen LogP contribution in [0.25, 0.3) is 0 Å². The number of imide groups is 1. The van der Waals surface area contributed by atoms with Crippen molar-refractivity contribution >= 4 is 29.4 Å². The molecule has 0 bridgehead atoms. The van der Waals surface area contributed by atoms with E-state index in [1.54, 1.807) is 24.3 Å². The Morgan fingerprint density at radius 3 is 1.66 bits per heavy atom. The second-order valence-corrected chi connectivity index (χ2v) is 7.84. The van der Waals surface area contributed by atoms with E-state index in [0.29, 0.717) is 31.4 Å². The molecular weight excluding hydrogens is 374 g/mol. The molecule has 4 rings (SSSR count). The fourth-order valence-electron chi connectivity index (χ4n) is 4.96. The van der Waals surface area contributed by atoms with Gasteiger partial charge >= 0.3 is 11.9 Å². The molecule has 7 heteroatoms. The lowest BCUT2D eigenvalue weighted by Gasteiger charge is -2.36. The van der Waals surface area contributed by atoms with Crippen LogP contribution in [0.4, 0.5) is 5.69 Å². The highest BCUT2D eigenvalue weighted by Gasteiger charge is 2.52. The molecule has 1 aliphatic heterocycles. The fraction of sp³-hybridized carbons (Fsp3) is 0.455. The summed E-state index contributed by atoms with van der Waals surface area (Å²) in [6.07, 6.45) is 1.60. The fourth-order valence-corrected chi connectivity index (χ4v) is 4.96. The van der Waals surface area contributed by atoms with Crippen LogP contribution in [0.1, 0.15) is 25.7 Å². The maximum Gasteiger partial charge on any atom is 0.309 e. The van der Waals surface area contributed by atoms with Crippen molar-refractivity contribution in [1.29, 1.82) is 0 Å². The molecule has 152 valence electrons. The lowest BCUT2D eigenvalue weighted by molar-refractivity contribution is -0.158. The lowest BCUT2D eigenvalue weighted by atomic mass is 9.67.